The van der Waals surface area contributed by atoms with Crippen molar-refractivity contribution in [1.29, 1.82) is 0 Å². The Hall–Kier alpha value is -1.10. The second-order valence-electron chi connectivity index (χ2n) is 3.73. The van der Waals surface area contributed by atoms with E-state index in [1.165, 1.54) is 7.11 Å². The first-order valence-corrected chi connectivity index (χ1v) is 5.10. The van der Waals surface area contributed by atoms with Crippen LogP contribution >= 0.6 is 0 Å². The van der Waals surface area contributed by atoms with E-state index in [1.54, 1.807) is 6.92 Å². The highest BCUT2D eigenvalue weighted by molar-refractivity contribution is 5.78. The van der Waals surface area contributed by atoms with Crippen LogP contribution in [-0.4, -0.2) is 31.7 Å². The van der Waals surface area contributed by atoms with Crippen LogP contribution < -0.4 is 5.73 Å². The Labute approximate surface area is 88.9 Å². The first-order valence-electron chi connectivity index (χ1n) is 5.10. The highest BCUT2D eigenvalue weighted by Crippen LogP contribution is 2.36. The summed E-state index contributed by atoms with van der Waals surface area (Å²) in [4.78, 5) is 22.3. The van der Waals surface area contributed by atoms with E-state index in [-0.39, 0.29) is 23.8 Å². The topological polar surface area (TPSA) is 78.6 Å². The SMILES string of the molecule is CCOC(=O)C(N)C1CC(C(=O)OC)C1. The average Bonchev–Trinajstić information content (AvgIpc) is 2.15. The fourth-order valence-corrected chi connectivity index (χ4v) is 1.75. The standard InChI is InChI=1S/C10H17NO4/c1-3-15-10(13)8(11)6-4-7(5-6)9(12)14-2/h6-8H,3-5,11H2,1-2H3. The van der Waals surface area contributed by atoms with Crippen molar-refractivity contribution in [3.05, 3.63) is 0 Å². The molecule has 0 spiro atoms. The predicted octanol–water partition coefficient (Wildman–Crippen LogP) is 0.0760. The van der Waals surface area contributed by atoms with Gasteiger partial charge in [-0.3, -0.25) is 9.59 Å². The van der Waals surface area contributed by atoms with E-state index in [0.717, 1.165) is 0 Å². The van der Waals surface area contributed by atoms with E-state index in [4.69, 9.17) is 10.5 Å². The zero-order valence-corrected chi connectivity index (χ0v) is 9.06. The summed E-state index contributed by atoms with van der Waals surface area (Å²) in [5.41, 5.74) is 5.69. The predicted molar refractivity (Wildman–Crippen MR) is 52.8 cm³/mol. The van der Waals surface area contributed by atoms with E-state index in [1.807, 2.05) is 0 Å². The molecule has 0 aromatic carbocycles. The molecule has 1 saturated carbocycles. The molecular weight excluding hydrogens is 198 g/mol. The zero-order valence-electron chi connectivity index (χ0n) is 9.06. The largest absolute Gasteiger partial charge is 0.469 e. The lowest BCUT2D eigenvalue weighted by Gasteiger charge is -2.35. The summed E-state index contributed by atoms with van der Waals surface area (Å²) in [7, 11) is 1.36. The highest BCUT2D eigenvalue weighted by Gasteiger charge is 2.41. The minimum absolute atomic E-state index is 0.0492. The smallest absolute Gasteiger partial charge is 0.323 e. The normalized spacial score (nSPS) is 26.3. The molecule has 0 heterocycles. The van der Waals surface area contributed by atoms with Gasteiger partial charge in [-0.25, -0.2) is 0 Å². The van der Waals surface area contributed by atoms with Crippen molar-refractivity contribution in [1.82, 2.24) is 0 Å². The van der Waals surface area contributed by atoms with Gasteiger partial charge in [-0.2, -0.15) is 0 Å². The lowest BCUT2D eigenvalue weighted by molar-refractivity contribution is -0.155. The number of esters is 2. The van der Waals surface area contributed by atoms with Gasteiger partial charge < -0.3 is 15.2 Å². The minimum atomic E-state index is -0.606. The van der Waals surface area contributed by atoms with Gasteiger partial charge in [0.15, 0.2) is 0 Å². The Balaban J connectivity index is 2.32. The Morgan fingerprint density at radius 1 is 1.47 bits per heavy atom. The lowest BCUT2D eigenvalue weighted by atomic mass is 9.71. The molecule has 1 fully saturated rings. The monoisotopic (exact) mass is 215 g/mol. The highest BCUT2D eigenvalue weighted by atomic mass is 16.5. The first kappa shape index (κ1) is 12.0. The van der Waals surface area contributed by atoms with Crippen molar-refractivity contribution in [2.75, 3.05) is 13.7 Å². The molecule has 86 valence electrons. The molecule has 0 saturated heterocycles. The average molecular weight is 215 g/mol. The van der Waals surface area contributed by atoms with E-state index < -0.39 is 6.04 Å². The minimum Gasteiger partial charge on any atom is -0.469 e. The molecule has 1 aliphatic rings. The van der Waals surface area contributed by atoms with Crippen molar-refractivity contribution in [3.63, 3.8) is 0 Å². The molecule has 2 N–H and O–H groups in total. The van der Waals surface area contributed by atoms with Crippen LogP contribution in [0.3, 0.4) is 0 Å². The molecule has 0 bridgehead atoms. The molecular formula is C10H17NO4. The molecule has 1 atom stereocenters. The number of hydrogen-bond acceptors (Lipinski definition) is 5. The Kier molecular flexibility index (Phi) is 4.08. The van der Waals surface area contributed by atoms with Gasteiger partial charge in [-0.1, -0.05) is 0 Å². The van der Waals surface area contributed by atoms with E-state index in [2.05, 4.69) is 4.74 Å². The van der Waals surface area contributed by atoms with Crippen LogP contribution in [0.2, 0.25) is 0 Å². The second-order valence-corrected chi connectivity index (χ2v) is 3.73. The van der Waals surface area contributed by atoms with E-state index in [0.29, 0.717) is 19.4 Å². The van der Waals surface area contributed by atoms with Crippen molar-refractivity contribution >= 4 is 11.9 Å². The molecule has 15 heavy (non-hydrogen) atoms. The fourth-order valence-electron chi connectivity index (χ4n) is 1.75. The number of rotatable bonds is 4. The van der Waals surface area contributed by atoms with Crippen molar-refractivity contribution in [2.45, 2.75) is 25.8 Å². The molecule has 1 unspecified atom stereocenters. The van der Waals surface area contributed by atoms with Crippen molar-refractivity contribution in [3.8, 4) is 0 Å². The summed E-state index contributed by atoms with van der Waals surface area (Å²) in [5, 5.41) is 0. The molecule has 1 rings (SSSR count). The molecule has 1 aliphatic carbocycles. The molecule has 0 aromatic heterocycles. The number of nitrogens with two attached hydrogens (primary N) is 1. The summed E-state index contributed by atoms with van der Waals surface area (Å²) in [6.07, 6.45) is 1.24. The summed E-state index contributed by atoms with van der Waals surface area (Å²) in [6.45, 7) is 2.07. The van der Waals surface area contributed by atoms with Crippen LogP contribution in [0.1, 0.15) is 19.8 Å². The van der Waals surface area contributed by atoms with Gasteiger partial charge in [-0.05, 0) is 25.7 Å². The number of hydrogen-bond donors (Lipinski definition) is 1. The Morgan fingerprint density at radius 2 is 2.07 bits per heavy atom. The summed E-state index contributed by atoms with van der Waals surface area (Å²) >= 11 is 0. The van der Waals surface area contributed by atoms with Gasteiger partial charge in [0.25, 0.3) is 0 Å². The van der Waals surface area contributed by atoms with Crippen LogP contribution in [0, 0.1) is 11.8 Å². The lowest BCUT2D eigenvalue weighted by Crippen LogP contribution is -2.47. The van der Waals surface area contributed by atoms with Gasteiger partial charge in [0, 0.05) is 0 Å². The number of methoxy groups -OCH3 is 1. The van der Waals surface area contributed by atoms with Crippen LogP contribution in [0.15, 0.2) is 0 Å². The number of carbonyl (C=O) groups excluding carboxylic acids is 2. The Morgan fingerprint density at radius 3 is 2.53 bits per heavy atom. The van der Waals surface area contributed by atoms with E-state index in [9.17, 15) is 9.59 Å². The van der Waals surface area contributed by atoms with Gasteiger partial charge in [-0.15, -0.1) is 0 Å². The van der Waals surface area contributed by atoms with Gasteiger partial charge in [0.2, 0.25) is 0 Å². The first-order chi connectivity index (χ1) is 7.10. The molecule has 0 aliphatic heterocycles. The molecule has 5 nitrogen and oxygen atoms in total. The van der Waals surface area contributed by atoms with Crippen LogP contribution in [0.5, 0.6) is 0 Å². The fraction of sp³-hybridized carbons (Fsp3) is 0.800. The van der Waals surface area contributed by atoms with Crippen molar-refractivity contribution < 1.29 is 19.1 Å². The third-order valence-corrected chi connectivity index (χ3v) is 2.78. The van der Waals surface area contributed by atoms with E-state index >= 15 is 0 Å². The molecule has 0 aromatic rings. The van der Waals surface area contributed by atoms with Gasteiger partial charge in [0.1, 0.15) is 6.04 Å². The van der Waals surface area contributed by atoms with Crippen LogP contribution in [0.25, 0.3) is 0 Å². The van der Waals surface area contributed by atoms with Crippen molar-refractivity contribution in [2.24, 2.45) is 17.6 Å². The second kappa shape index (κ2) is 5.11. The zero-order chi connectivity index (χ0) is 11.4. The Bertz CT molecular complexity index is 248. The maximum atomic E-state index is 11.3. The van der Waals surface area contributed by atoms with Crippen LogP contribution in [-0.2, 0) is 19.1 Å². The van der Waals surface area contributed by atoms with Gasteiger partial charge >= 0.3 is 11.9 Å². The summed E-state index contributed by atoms with van der Waals surface area (Å²) in [5.74, 6) is -0.651. The van der Waals surface area contributed by atoms with Crippen LogP contribution in [0.4, 0.5) is 0 Å². The third kappa shape index (κ3) is 2.68. The summed E-state index contributed by atoms with van der Waals surface area (Å²) in [6, 6.07) is -0.606. The quantitative estimate of drug-likeness (QED) is 0.672. The number of ether oxygens (including phenoxy) is 2. The molecule has 0 amide bonds. The molecule has 5 heteroatoms. The maximum Gasteiger partial charge on any atom is 0.323 e. The maximum absolute atomic E-state index is 11.3. The number of carbonyl (C=O) groups is 2. The summed E-state index contributed by atoms with van der Waals surface area (Å²) < 4.78 is 9.40. The third-order valence-electron chi connectivity index (χ3n) is 2.78. The molecule has 0 radical (unpaired) electrons. The van der Waals surface area contributed by atoms with Gasteiger partial charge in [0.05, 0.1) is 19.6 Å².